The van der Waals surface area contributed by atoms with Gasteiger partial charge in [0.2, 0.25) is 0 Å². The van der Waals surface area contributed by atoms with E-state index in [0.717, 1.165) is 43.8 Å². The molecule has 1 aromatic rings. The summed E-state index contributed by atoms with van der Waals surface area (Å²) in [5.41, 5.74) is 1.30. The second kappa shape index (κ2) is 8.35. The van der Waals surface area contributed by atoms with Gasteiger partial charge in [0, 0.05) is 6.54 Å². The fraction of sp³-hybridized carbons (Fsp3) is 0.545. The van der Waals surface area contributed by atoms with E-state index in [-0.39, 0.29) is 17.9 Å². The van der Waals surface area contributed by atoms with E-state index in [9.17, 15) is 9.59 Å². The molecule has 0 saturated carbocycles. The molecule has 3 amide bonds. The molecule has 0 aromatic heterocycles. The highest BCUT2D eigenvalue weighted by Crippen LogP contribution is 2.36. The van der Waals surface area contributed by atoms with Gasteiger partial charge in [0.1, 0.15) is 11.3 Å². The monoisotopic (exact) mass is 385 g/mol. The molecule has 28 heavy (non-hydrogen) atoms. The van der Waals surface area contributed by atoms with Crippen LogP contribution in [0.3, 0.4) is 0 Å². The van der Waals surface area contributed by atoms with Crippen molar-refractivity contribution in [3.63, 3.8) is 0 Å². The number of carbonyl (C=O) groups excluding carboxylic acids is 2. The highest BCUT2D eigenvalue weighted by atomic mass is 16.5. The minimum Gasteiger partial charge on any atom is -0.497 e. The van der Waals surface area contributed by atoms with Gasteiger partial charge >= 0.3 is 6.03 Å². The minimum absolute atomic E-state index is 0.0865. The van der Waals surface area contributed by atoms with Crippen LogP contribution in [0.25, 0.3) is 0 Å². The topological polar surface area (TPSA) is 61.9 Å². The van der Waals surface area contributed by atoms with Crippen molar-refractivity contribution in [3.05, 3.63) is 42.0 Å². The van der Waals surface area contributed by atoms with Gasteiger partial charge in [0.15, 0.2) is 0 Å². The Morgan fingerprint density at radius 2 is 1.89 bits per heavy atom. The Hall–Kier alpha value is -2.34. The third kappa shape index (κ3) is 3.92. The largest absolute Gasteiger partial charge is 0.497 e. The van der Waals surface area contributed by atoms with Crippen LogP contribution in [-0.4, -0.2) is 54.0 Å². The van der Waals surface area contributed by atoms with E-state index in [1.165, 1.54) is 10.5 Å². The van der Waals surface area contributed by atoms with Gasteiger partial charge in [-0.3, -0.25) is 14.6 Å². The van der Waals surface area contributed by atoms with Crippen molar-refractivity contribution < 1.29 is 14.3 Å². The van der Waals surface area contributed by atoms with E-state index < -0.39 is 5.54 Å². The predicted molar refractivity (Wildman–Crippen MR) is 109 cm³/mol. The van der Waals surface area contributed by atoms with Gasteiger partial charge in [-0.25, -0.2) is 4.79 Å². The van der Waals surface area contributed by atoms with Crippen molar-refractivity contribution in [1.82, 2.24) is 15.1 Å². The average Bonchev–Trinajstić information content (AvgIpc) is 2.94. The number of nitrogens with one attached hydrogen (secondary N) is 1. The molecule has 0 spiro atoms. The first-order valence-corrected chi connectivity index (χ1v) is 10.0. The van der Waals surface area contributed by atoms with Crippen LogP contribution in [0.5, 0.6) is 5.75 Å². The van der Waals surface area contributed by atoms with E-state index in [2.05, 4.69) is 28.9 Å². The number of benzene rings is 1. The molecule has 0 unspecified atom stereocenters. The lowest BCUT2D eigenvalue weighted by molar-refractivity contribution is -0.134. The highest BCUT2D eigenvalue weighted by molar-refractivity contribution is 6.07. The Kier molecular flexibility index (Phi) is 6.08. The molecule has 0 aliphatic carbocycles. The van der Waals surface area contributed by atoms with Crippen LogP contribution in [0.2, 0.25) is 0 Å². The number of urea groups is 1. The first-order valence-electron chi connectivity index (χ1n) is 10.0. The average molecular weight is 386 g/mol. The SMILES string of the molecule is C=C(C)CN1C(=O)N[C@](CC)(C2CCN(Cc3ccc(OC)cc3)CC2)C1=O. The second-order valence-corrected chi connectivity index (χ2v) is 8.00. The summed E-state index contributed by atoms with van der Waals surface area (Å²) in [6.45, 7) is 10.7. The van der Waals surface area contributed by atoms with Crippen LogP contribution in [-0.2, 0) is 11.3 Å². The molecule has 0 radical (unpaired) electrons. The van der Waals surface area contributed by atoms with E-state index in [1.807, 2.05) is 26.0 Å². The number of piperidine rings is 1. The summed E-state index contributed by atoms with van der Waals surface area (Å²) >= 11 is 0. The van der Waals surface area contributed by atoms with E-state index >= 15 is 0 Å². The first kappa shape index (κ1) is 20.4. The van der Waals surface area contributed by atoms with Crippen molar-refractivity contribution in [3.8, 4) is 5.75 Å². The van der Waals surface area contributed by atoms with Crippen LogP contribution in [0.4, 0.5) is 4.79 Å². The number of nitrogens with zero attached hydrogens (tertiary/aromatic N) is 2. The number of ether oxygens (including phenoxy) is 1. The number of hydrogen-bond donors (Lipinski definition) is 1. The molecule has 2 saturated heterocycles. The maximum Gasteiger partial charge on any atom is 0.325 e. The molecular formula is C22H31N3O3. The van der Waals surface area contributed by atoms with E-state index in [4.69, 9.17) is 4.74 Å². The number of amides is 3. The lowest BCUT2D eigenvalue weighted by Gasteiger charge is -2.40. The van der Waals surface area contributed by atoms with Gasteiger partial charge in [-0.1, -0.05) is 31.2 Å². The summed E-state index contributed by atoms with van der Waals surface area (Å²) in [5.74, 6) is 0.940. The summed E-state index contributed by atoms with van der Waals surface area (Å²) in [4.78, 5) is 29.3. The maximum atomic E-state index is 13.1. The molecule has 6 heteroatoms. The third-order valence-electron chi connectivity index (χ3n) is 6.04. The number of imide groups is 1. The Labute approximate surface area is 167 Å². The summed E-state index contributed by atoms with van der Waals surface area (Å²) in [6.07, 6.45) is 2.42. The lowest BCUT2D eigenvalue weighted by Crippen LogP contribution is -2.55. The van der Waals surface area contributed by atoms with Crippen LogP contribution in [0, 0.1) is 5.92 Å². The molecule has 2 heterocycles. The molecule has 152 valence electrons. The van der Waals surface area contributed by atoms with Gasteiger partial charge in [0.05, 0.1) is 13.7 Å². The van der Waals surface area contributed by atoms with Crippen LogP contribution >= 0.6 is 0 Å². The Morgan fingerprint density at radius 1 is 1.25 bits per heavy atom. The number of rotatable bonds is 7. The van der Waals surface area contributed by atoms with Crippen LogP contribution < -0.4 is 10.1 Å². The summed E-state index contributed by atoms with van der Waals surface area (Å²) in [6, 6.07) is 7.87. The van der Waals surface area contributed by atoms with Gasteiger partial charge in [-0.15, -0.1) is 0 Å². The van der Waals surface area contributed by atoms with E-state index in [1.54, 1.807) is 7.11 Å². The number of carbonyl (C=O) groups is 2. The molecule has 1 aromatic carbocycles. The van der Waals surface area contributed by atoms with Crippen molar-refractivity contribution >= 4 is 11.9 Å². The quantitative estimate of drug-likeness (QED) is 0.578. The fourth-order valence-electron chi connectivity index (χ4n) is 4.44. The van der Waals surface area contributed by atoms with Crippen LogP contribution in [0.15, 0.2) is 36.4 Å². The predicted octanol–water partition coefficient (Wildman–Crippen LogP) is 3.18. The van der Waals surface area contributed by atoms with Gasteiger partial charge in [-0.05, 0) is 62.9 Å². The maximum absolute atomic E-state index is 13.1. The van der Waals surface area contributed by atoms with Crippen molar-refractivity contribution in [2.75, 3.05) is 26.7 Å². The lowest BCUT2D eigenvalue weighted by atomic mass is 9.75. The third-order valence-corrected chi connectivity index (χ3v) is 6.04. The van der Waals surface area contributed by atoms with Crippen molar-refractivity contribution in [1.29, 1.82) is 0 Å². The Bertz CT molecular complexity index is 738. The molecule has 6 nitrogen and oxygen atoms in total. The van der Waals surface area contributed by atoms with Crippen molar-refractivity contribution in [2.24, 2.45) is 5.92 Å². The fourth-order valence-corrected chi connectivity index (χ4v) is 4.44. The van der Waals surface area contributed by atoms with Gasteiger partial charge in [-0.2, -0.15) is 0 Å². The zero-order chi connectivity index (χ0) is 20.3. The molecule has 3 rings (SSSR count). The molecule has 0 bridgehead atoms. The Morgan fingerprint density at radius 3 is 2.43 bits per heavy atom. The molecule has 2 aliphatic rings. The number of likely N-dealkylation sites (tertiary alicyclic amines) is 1. The van der Waals surface area contributed by atoms with Crippen molar-refractivity contribution in [2.45, 2.75) is 45.2 Å². The summed E-state index contributed by atoms with van der Waals surface area (Å²) in [5, 5.41) is 3.03. The molecule has 2 aliphatic heterocycles. The molecular weight excluding hydrogens is 354 g/mol. The molecule has 2 fully saturated rings. The summed E-state index contributed by atoms with van der Waals surface area (Å²) in [7, 11) is 1.67. The highest BCUT2D eigenvalue weighted by Gasteiger charge is 2.54. The molecule has 1 N–H and O–H groups in total. The first-order chi connectivity index (χ1) is 13.4. The summed E-state index contributed by atoms with van der Waals surface area (Å²) < 4.78 is 5.22. The molecule has 1 atom stereocenters. The zero-order valence-electron chi connectivity index (χ0n) is 17.2. The van der Waals surface area contributed by atoms with Gasteiger partial charge < -0.3 is 10.1 Å². The normalized spacial score (nSPS) is 23.8. The Balaban J connectivity index is 1.63. The zero-order valence-corrected chi connectivity index (χ0v) is 17.2. The van der Waals surface area contributed by atoms with E-state index in [0.29, 0.717) is 13.0 Å². The minimum atomic E-state index is -0.765. The van der Waals surface area contributed by atoms with Gasteiger partial charge in [0.25, 0.3) is 5.91 Å². The number of methoxy groups -OCH3 is 1. The smallest absolute Gasteiger partial charge is 0.325 e. The van der Waals surface area contributed by atoms with Crippen LogP contribution in [0.1, 0.15) is 38.7 Å². The number of hydrogen-bond acceptors (Lipinski definition) is 4. The second-order valence-electron chi connectivity index (χ2n) is 8.00. The standard InChI is InChI=1S/C22H31N3O3/c1-5-22(20(26)25(14-16(2)3)21(27)23-22)18-10-12-24(13-11-18)15-17-6-8-19(28-4)9-7-17/h6-9,18H,2,5,10-15H2,1,3-4H3,(H,23,27)/t22-/m1/s1.